The summed E-state index contributed by atoms with van der Waals surface area (Å²) in [5, 5.41) is 10.1. The molecule has 0 bridgehead atoms. The minimum Gasteiger partial charge on any atom is -0.348 e. The number of hydrogen-bond acceptors (Lipinski definition) is 5. The van der Waals surface area contributed by atoms with Crippen molar-refractivity contribution in [3.8, 4) is 0 Å². The molecule has 8 nitrogen and oxygen atoms in total. The molecule has 4 rings (SSSR count). The largest absolute Gasteiger partial charge is 0.348 e. The maximum absolute atomic E-state index is 12.5. The van der Waals surface area contributed by atoms with E-state index in [-0.39, 0.29) is 30.7 Å². The third kappa shape index (κ3) is 3.01. The van der Waals surface area contributed by atoms with Crippen molar-refractivity contribution in [3.05, 3.63) is 53.1 Å². The van der Waals surface area contributed by atoms with Gasteiger partial charge in [-0.25, -0.2) is 9.50 Å². The number of carbonyl (C=O) groups is 2. The van der Waals surface area contributed by atoms with Crippen LogP contribution in [-0.2, 0) is 16.0 Å². The first kappa shape index (κ1) is 16.2. The zero-order valence-electron chi connectivity index (χ0n) is 14.5. The molecule has 0 aliphatic carbocycles. The van der Waals surface area contributed by atoms with E-state index in [1.54, 1.807) is 4.52 Å². The van der Waals surface area contributed by atoms with E-state index in [0.29, 0.717) is 11.6 Å². The second-order valence-electron chi connectivity index (χ2n) is 6.42. The van der Waals surface area contributed by atoms with Crippen LogP contribution in [0, 0.1) is 13.8 Å². The lowest BCUT2D eigenvalue weighted by atomic mass is 9.97. The van der Waals surface area contributed by atoms with Gasteiger partial charge in [0.2, 0.25) is 11.8 Å². The highest BCUT2D eigenvalue weighted by Crippen LogP contribution is 2.29. The van der Waals surface area contributed by atoms with Gasteiger partial charge in [0.25, 0.3) is 5.78 Å². The molecule has 0 unspecified atom stereocenters. The number of carbonyl (C=O) groups excluding carboxylic acids is 2. The van der Waals surface area contributed by atoms with Gasteiger partial charge in [-0.1, -0.05) is 18.2 Å². The topological polar surface area (TPSA) is 101 Å². The molecule has 0 spiro atoms. The Bertz CT molecular complexity index is 1030. The Morgan fingerprint density at radius 3 is 2.96 bits per heavy atom. The molecule has 0 saturated carbocycles. The number of rotatable bonds is 3. The lowest BCUT2D eigenvalue weighted by molar-refractivity contribution is -0.122. The minimum absolute atomic E-state index is 0.0299. The molecule has 0 radical (unpaired) electrons. The zero-order chi connectivity index (χ0) is 18.3. The molecule has 0 fully saturated rings. The first-order valence-corrected chi connectivity index (χ1v) is 8.37. The number of aryl methyl sites for hydroxylation is 2. The van der Waals surface area contributed by atoms with Gasteiger partial charge in [-0.2, -0.15) is 4.98 Å². The summed E-state index contributed by atoms with van der Waals surface area (Å²) in [6.07, 6.45) is 0.239. The van der Waals surface area contributed by atoms with Crippen LogP contribution in [-0.4, -0.2) is 31.4 Å². The van der Waals surface area contributed by atoms with Gasteiger partial charge >= 0.3 is 0 Å². The van der Waals surface area contributed by atoms with Crippen LogP contribution in [0.1, 0.15) is 35.2 Å². The third-order valence-electron chi connectivity index (χ3n) is 4.32. The van der Waals surface area contributed by atoms with Crippen LogP contribution in [0.5, 0.6) is 0 Å². The van der Waals surface area contributed by atoms with Crippen LogP contribution >= 0.6 is 0 Å². The van der Waals surface area contributed by atoms with Gasteiger partial charge in [-0.15, -0.1) is 5.10 Å². The molecule has 1 atom stereocenters. The van der Waals surface area contributed by atoms with Gasteiger partial charge in [0.1, 0.15) is 0 Å². The average molecular weight is 350 g/mol. The number of nitrogens with one attached hydrogen (secondary N) is 2. The highest BCUT2D eigenvalue weighted by Gasteiger charge is 2.26. The molecule has 3 aromatic rings. The molecular formula is C18H18N6O2. The Labute approximate surface area is 149 Å². The van der Waals surface area contributed by atoms with Crippen LogP contribution in [0.25, 0.3) is 5.78 Å². The summed E-state index contributed by atoms with van der Waals surface area (Å²) in [4.78, 5) is 33.0. The van der Waals surface area contributed by atoms with Crippen LogP contribution in [0.3, 0.4) is 0 Å². The van der Waals surface area contributed by atoms with Gasteiger partial charge in [-0.3, -0.25) is 9.59 Å². The Morgan fingerprint density at radius 1 is 1.31 bits per heavy atom. The second kappa shape index (κ2) is 6.21. The number of fused-ring (bicyclic) bond motifs is 2. The molecule has 8 heteroatoms. The van der Waals surface area contributed by atoms with Gasteiger partial charge in [0, 0.05) is 17.1 Å². The molecule has 2 N–H and O–H groups in total. The predicted octanol–water partition coefficient (Wildman–Crippen LogP) is 1.48. The van der Waals surface area contributed by atoms with E-state index in [9.17, 15) is 9.59 Å². The van der Waals surface area contributed by atoms with E-state index in [1.807, 2.05) is 44.2 Å². The summed E-state index contributed by atoms with van der Waals surface area (Å²) in [7, 11) is 0. The maximum Gasteiger partial charge on any atom is 0.252 e. The number of nitrogens with zero attached hydrogens (tertiary/aromatic N) is 4. The summed E-state index contributed by atoms with van der Waals surface area (Å²) in [6.45, 7) is 3.80. The molecule has 0 saturated heterocycles. The fourth-order valence-corrected chi connectivity index (χ4v) is 3.21. The Hall–Kier alpha value is -3.29. The van der Waals surface area contributed by atoms with Crippen molar-refractivity contribution in [3.63, 3.8) is 0 Å². The number of anilines is 1. The summed E-state index contributed by atoms with van der Waals surface area (Å²) >= 11 is 0. The number of para-hydroxylation sites is 1. The van der Waals surface area contributed by atoms with E-state index < -0.39 is 0 Å². The fraction of sp³-hybridized carbons (Fsp3) is 0.278. The molecule has 132 valence electrons. The van der Waals surface area contributed by atoms with Crippen LogP contribution in [0.15, 0.2) is 30.3 Å². The molecule has 3 heterocycles. The summed E-state index contributed by atoms with van der Waals surface area (Å²) < 4.78 is 1.62. The molecule has 2 amide bonds. The van der Waals surface area contributed by atoms with E-state index in [4.69, 9.17) is 0 Å². The highest BCUT2D eigenvalue weighted by atomic mass is 16.2. The minimum atomic E-state index is -0.355. The van der Waals surface area contributed by atoms with Gasteiger partial charge < -0.3 is 10.6 Å². The Kier molecular flexibility index (Phi) is 3.87. The van der Waals surface area contributed by atoms with Crippen molar-refractivity contribution in [2.45, 2.75) is 32.7 Å². The van der Waals surface area contributed by atoms with Crippen molar-refractivity contribution >= 4 is 23.3 Å². The monoisotopic (exact) mass is 350 g/mol. The highest BCUT2D eigenvalue weighted by molar-refractivity contribution is 5.95. The van der Waals surface area contributed by atoms with Crippen molar-refractivity contribution in [2.24, 2.45) is 0 Å². The van der Waals surface area contributed by atoms with Crippen molar-refractivity contribution in [2.75, 3.05) is 5.32 Å². The van der Waals surface area contributed by atoms with Gasteiger partial charge in [0.05, 0.1) is 18.9 Å². The van der Waals surface area contributed by atoms with Gasteiger partial charge in [0.15, 0.2) is 5.82 Å². The zero-order valence-corrected chi connectivity index (χ0v) is 14.5. The number of amides is 2. The van der Waals surface area contributed by atoms with Crippen molar-refractivity contribution in [1.29, 1.82) is 0 Å². The average Bonchev–Trinajstić information content (AvgIpc) is 2.97. The van der Waals surface area contributed by atoms with Crippen molar-refractivity contribution in [1.82, 2.24) is 24.9 Å². The first-order chi connectivity index (χ1) is 12.5. The first-order valence-electron chi connectivity index (χ1n) is 8.37. The predicted molar refractivity (Wildman–Crippen MR) is 94.5 cm³/mol. The molecule has 2 aromatic heterocycles. The van der Waals surface area contributed by atoms with E-state index in [1.165, 1.54) is 0 Å². The number of aromatic nitrogens is 4. The maximum atomic E-state index is 12.5. The van der Waals surface area contributed by atoms with E-state index >= 15 is 0 Å². The van der Waals surface area contributed by atoms with Gasteiger partial charge in [-0.05, 0) is 31.5 Å². The number of hydrogen-bond donors (Lipinski definition) is 2. The van der Waals surface area contributed by atoms with E-state index in [2.05, 4.69) is 25.7 Å². The summed E-state index contributed by atoms with van der Waals surface area (Å²) in [5.74, 6) is 0.532. The fourth-order valence-electron chi connectivity index (χ4n) is 3.21. The standard InChI is InChI=1S/C18H18N6O2/c1-10-7-11(2)24-18(19-10)22-15(23-24)9-17(26)21-14-8-16(25)20-13-6-4-3-5-12(13)14/h3-7,14H,8-9H2,1-2H3,(H,20,25)(H,21,26)/t14-/m1/s1. The molecule has 1 aliphatic rings. The SMILES string of the molecule is Cc1cc(C)n2nc(CC(=O)N[C@@H]3CC(=O)Nc4ccccc43)nc2n1. The second-order valence-corrected chi connectivity index (χ2v) is 6.42. The molecular weight excluding hydrogens is 332 g/mol. The van der Waals surface area contributed by atoms with E-state index in [0.717, 1.165) is 22.6 Å². The van der Waals surface area contributed by atoms with Crippen molar-refractivity contribution < 1.29 is 9.59 Å². The lowest BCUT2D eigenvalue weighted by Gasteiger charge is -2.26. The number of benzene rings is 1. The Balaban J connectivity index is 1.53. The lowest BCUT2D eigenvalue weighted by Crippen LogP contribution is -2.36. The van der Waals surface area contributed by atoms with Crippen LogP contribution < -0.4 is 10.6 Å². The normalized spacial score (nSPS) is 16.2. The third-order valence-corrected chi connectivity index (χ3v) is 4.32. The molecule has 26 heavy (non-hydrogen) atoms. The van der Waals surface area contributed by atoms with Crippen LogP contribution in [0.2, 0.25) is 0 Å². The smallest absolute Gasteiger partial charge is 0.252 e. The van der Waals surface area contributed by atoms with Crippen LogP contribution in [0.4, 0.5) is 5.69 Å². The molecule has 1 aromatic carbocycles. The molecule has 1 aliphatic heterocycles. The summed E-state index contributed by atoms with van der Waals surface area (Å²) in [6, 6.07) is 9.01. The summed E-state index contributed by atoms with van der Waals surface area (Å²) in [5.41, 5.74) is 3.39. The Morgan fingerprint density at radius 2 is 2.12 bits per heavy atom. The quantitative estimate of drug-likeness (QED) is 0.745.